The summed E-state index contributed by atoms with van der Waals surface area (Å²) >= 11 is 0. The van der Waals surface area contributed by atoms with Gasteiger partial charge in [0.15, 0.2) is 11.5 Å². The number of pyridine rings is 1. The van der Waals surface area contributed by atoms with Gasteiger partial charge in [-0.3, -0.25) is 4.79 Å². The summed E-state index contributed by atoms with van der Waals surface area (Å²) in [7, 11) is 0. The summed E-state index contributed by atoms with van der Waals surface area (Å²) in [4.78, 5) is 22.3. The van der Waals surface area contributed by atoms with Gasteiger partial charge in [0.1, 0.15) is 17.1 Å². The molecule has 3 fully saturated rings. The molecule has 7 rings (SSSR count). The van der Waals surface area contributed by atoms with Crippen LogP contribution in [0.25, 0.3) is 11.3 Å². The summed E-state index contributed by atoms with van der Waals surface area (Å²) in [5.41, 5.74) is 2.74. The number of hydrogen-bond acceptors (Lipinski definition) is 6. The molecule has 0 aromatic carbocycles. The zero-order valence-corrected chi connectivity index (χ0v) is 18.6. The van der Waals surface area contributed by atoms with Crippen molar-refractivity contribution in [1.29, 1.82) is 0 Å². The van der Waals surface area contributed by atoms with Gasteiger partial charge in [-0.2, -0.15) is 5.10 Å². The number of ether oxygens (including phenoxy) is 2. The third-order valence-corrected chi connectivity index (χ3v) is 7.28. The van der Waals surface area contributed by atoms with Crippen molar-refractivity contribution in [3.63, 3.8) is 0 Å². The number of carbonyl (C=O) groups excluding carboxylic acids is 1. The molecule has 174 valence electrons. The molecule has 1 N–H and O–H groups in total. The summed E-state index contributed by atoms with van der Waals surface area (Å²) in [6, 6.07) is 1.83. The quantitative estimate of drug-likeness (QED) is 0.488. The van der Waals surface area contributed by atoms with Crippen molar-refractivity contribution in [2.45, 2.75) is 56.1 Å². The van der Waals surface area contributed by atoms with Crippen LogP contribution < -0.4 is 10.1 Å². The molecule has 10 heteroatoms. The second kappa shape index (κ2) is 6.75. The van der Waals surface area contributed by atoms with E-state index in [0.717, 1.165) is 49.6 Å². The van der Waals surface area contributed by atoms with E-state index in [2.05, 4.69) is 22.3 Å². The average Bonchev–Trinajstić information content (AvgIpc) is 3.13. The Kier molecular flexibility index (Phi) is 3.95. The van der Waals surface area contributed by atoms with Crippen LogP contribution in [0.5, 0.6) is 5.75 Å². The predicted molar refractivity (Wildman–Crippen MR) is 120 cm³/mol. The molecular weight excluding hydrogens is 439 g/mol. The first-order valence-electron chi connectivity index (χ1n) is 11.5. The third-order valence-electron chi connectivity index (χ3n) is 7.28. The molecule has 0 radical (unpaired) electrons. The van der Waals surface area contributed by atoms with Gasteiger partial charge in [-0.1, -0.05) is 0 Å². The van der Waals surface area contributed by atoms with Gasteiger partial charge in [-0.25, -0.2) is 18.9 Å². The van der Waals surface area contributed by atoms with Gasteiger partial charge in [0.05, 0.1) is 48.2 Å². The lowest BCUT2D eigenvalue weighted by Gasteiger charge is -2.24. The minimum absolute atomic E-state index is 0.0631. The summed E-state index contributed by atoms with van der Waals surface area (Å²) < 4.78 is 28.8. The number of hydrogen-bond donors (Lipinski definition) is 1. The molecule has 4 aromatic heterocycles. The minimum Gasteiger partial charge on any atom is -0.489 e. The molecule has 5 heterocycles. The first-order valence-corrected chi connectivity index (χ1v) is 11.5. The molecule has 2 unspecified atom stereocenters. The van der Waals surface area contributed by atoms with Gasteiger partial charge in [0, 0.05) is 23.9 Å². The first kappa shape index (κ1) is 19.9. The van der Waals surface area contributed by atoms with Gasteiger partial charge >= 0.3 is 0 Å². The number of anilines is 1. The molecular formula is C24H23FN6O3. The second-order valence-electron chi connectivity index (χ2n) is 10.0. The summed E-state index contributed by atoms with van der Waals surface area (Å²) in [6.45, 7) is 2.85. The lowest BCUT2D eigenvalue weighted by molar-refractivity contribution is -0.00627. The fraction of sp³-hybridized carbons (Fsp3) is 0.417. The third kappa shape index (κ3) is 3.08. The monoisotopic (exact) mass is 462 g/mol. The Labute approximate surface area is 193 Å². The normalized spacial score (nSPS) is 25.9. The van der Waals surface area contributed by atoms with Crippen molar-refractivity contribution < 1.29 is 18.7 Å². The number of carbonyl (C=O) groups is 1. The summed E-state index contributed by atoms with van der Waals surface area (Å²) in [5.74, 6) is -0.370. The van der Waals surface area contributed by atoms with E-state index in [-0.39, 0.29) is 23.0 Å². The summed E-state index contributed by atoms with van der Waals surface area (Å²) in [5, 5.41) is 6.92. The fourth-order valence-corrected chi connectivity index (χ4v) is 5.28. The molecule has 9 nitrogen and oxygen atoms in total. The largest absolute Gasteiger partial charge is 0.489 e. The van der Waals surface area contributed by atoms with Crippen LogP contribution in [0.15, 0.2) is 37.1 Å². The van der Waals surface area contributed by atoms with Gasteiger partial charge < -0.3 is 19.2 Å². The van der Waals surface area contributed by atoms with E-state index in [1.54, 1.807) is 6.20 Å². The number of nitrogens with one attached hydrogen (secondary N) is 1. The van der Waals surface area contributed by atoms with Crippen molar-refractivity contribution in [3.8, 4) is 5.75 Å². The van der Waals surface area contributed by atoms with Crippen LogP contribution >= 0.6 is 0 Å². The molecule has 2 aliphatic carbocycles. The van der Waals surface area contributed by atoms with Crippen LogP contribution in [0, 0.1) is 5.82 Å². The maximum Gasteiger partial charge on any atom is 0.261 e. The first-order chi connectivity index (χ1) is 16.4. The van der Waals surface area contributed by atoms with E-state index in [4.69, 9.17) is 14.5 Å². The molecule has 3 aliphatic rings. The number of aromatic nitrogens is 5. The van der Waals surface area contributed by atoms with Crippen LogP contribution in [0.4, 0.5) is 10.1 Å². The Morgan fingerprint density at radius 1 is 1.26 bits per heavy atom. The van der Waals surface area contributed by atoms with Gasteiger partial charge in [-0.05, 0) is 39.0 Å². The highest BCUT2D eigenvalue weighted by Gasteiger charge is 2.55. The number of fused-ring (bicyclic) bond motifs is 4. The number of imidazole rings is 1. The maximum absolute atomic E-state index is 13.4. The van der Waals surface area contributed by atoms with Gasteiger partial charge in [0.25, 0.3) is 5.91 Å². The molecule has 2 saturated carbocycles. The van der Waals surface area contributed by atoms with Crippen LogP contribution in [0.3, 0.4) is 0 Å². The fourth-order valence-electron chi connectivity index (χ4n) is 5.28. The van der Waals surface area contributed by atoms with Crippen LogP contribution in [0.1, 0.15) is 55.1 Å². The molecule has 1 saturated heterocycles. The molecule has 0 spiro atoms. The van der Waals surface area contributed by atoms with Crippen molar-refractivity contribution >= 4 is 22.9 Å². The zero-order chi connectivity index (χ0) is 23.1. The average molecular weight is 462 g/mol. The maximum atomic E-state index is 13.4. The summed E-state index contributed by atoms with van der Waals surface area (Å²) in [6.07, 6.45) is 12.6. The van der Waals surface area contributed by atoms with Crippen LogP contribution in [-0.2, 0) is 10.2 Å². The smallest absolute Gasteiger partial charge is 0.261 e. The number of rotatable bonds is 5. The highest BCUT2D eigenvalue weighted by molar-refractivity contribution is 6.07. The molecule has 1 aliphatic heterocycles. The molecule has 34 heavy (non-hydrogen) atoms. The van der Waals surface area contributed by atoms with E-state index in [1.807, 2.05) is 16.7 Å². The van der Waals surface area contributed by atoms with Gasteiger partial charge in [0.2, 0.25) is 0 Å². The Balaban J connectivity index is 1.26. The molecule has 2 bridgehead atoms. The van der Waals surface area contributed by atoms with E-state index in [1.165, 1.54) is 16.9 Å². The number of amides is 1. The van der Waals surface area contributed by atoms with E-state index in [0.29, 0.717) is 29.3 Å². The standard InChI is InChI=1S/C24H23FN6O3/c1-23-4-5-24(12-23,13-33-23)19-11-30-10-16(18(6-20(30)29-19)34-15-2-3-15)22(32)28-17-8-27-31-9-14(25)7-26-21(17)31/h6-11,15H,2-5,12-13H2,1H3,(H,28,32). The number of halogens is 1. The Morgan fingerprint density at radius 2 is 2.15 bits per heavy atom. The van der Waals surface area contributed by atoms with Crippen LogP contribution in [0.2, 0.25) is 0 Å². The van der Waals surface area contributed by atoms with E-state index >= 15 is 0 Å². The number of nitrogens with zero attached hydrogens (tertiary/aromatic N) is 5. The predicted octanol–water partition coefficient (Wildman–Crippen LogP) is 3.52. The Hall–Kier alpha value is -3.53. The minimum atomic E-state index is -0.510. The van der Waals surface area contributed by atoms with E-state index < -0.39 is 5.82 Å². The van der Waals surface area contributed by atoms with Crippen molar-refractivity contribution in [2.24, 2.45) is 0 Å². The Morgan fingerprint density at radius 3 is 2.88 bits per heavy atom. The molecule has 1 amide bonds. The lowest BCUT2D eigenvalue weighted by Crippen LogP contribution is -2.26. The highest BCUT2D eigenvalue weighted by atomic mass is 19.1. The highest BCUT2D eigenvalue weighted by Crippen LogP contribution is 2.53. The Bertz CT molecular complexity index is 1460. The molecule has 4 aromatic rings. The van der Waals surface area contributed by atoms with Crippen molar-refractivity contribution in [2.75, 3.05) is 11.9 Å². The van der Waals surface area contributed by atoms with Gasteiger partial charge in [-0.15, -0.1) is 0 Å². The van der Waals surface area contributed by atoms with Crippen molar-refractivity contribution in [1.82, 2.24) is 24.0 Å². The van der Waals surface area contributed by atoms with Crippen molar-refractivity contribution in [3.05, 3.63) is 54.1 Å². The topological polar surface area (TPSA) is 95.1 Å². The zero-order valence-electron chi connectivity index (χ0n) is 18.6. The molecule has 2 atom stereocenters. The van der Waals surface area contributed by atoms with Crippen LogP contribution in [-0.4, -0.2) is 48.2 Å². The lowest BCUT2D eigenvalue weighted by atomic mass is 9.84. The van der Waals surface area contributed by atoms with E-state index in [9.17, 15) is 9.18 Å². The SMILES string of the molecule is CC12CCC(c3cn4cc(C(=O)Nc5cnn6cc(F)cnc56)c(OC5CC5)cc4n3)(CO1)C2. The second-order valence-corrected chi connectivity index (χ2v) is 10.0.